The molecule has 1 aliphatic rings. The van der Waals surface area contributed by atoms with E-state index in [1.165, 1.54) is 12.1 Å². The predicted octanol–water partition coefficient (Wildman–Crippen LogP) is 5.27. The number of carbonyl (C=O) groups excluding carboxylic acids is 1. The summed E-state index contributed by atoms with van der Waals surface area (Å²) in [6.07, 6.45) is -0.601. The SMILES string of the molecule is NC(=O)[C@@H]1CCC[N+]1(Cc1cc(NCc2cccnc2)nc(-c2ccc(C(F)(F)F)cc2)c1)S(=O)(=O)c1ccc(F)cc1. The van der Waals surface area contributed by atoms with Gasteiger partial charge in [-0.15, -0.1) is 0 Å². The Hall–Kier alpha value is -4.36. The molecule has 2 aromatic carbocycles. The van der Waals surface area contributed by atoms with Crippen LogP contribution < -0.4 is 11.1 Å². The van der Waals surface area contributed by atoms with Crippen molar-refractivity contribution in [1.82, 2.24) is 9.97 Å². The van der Waals surface area contributed by atoms with Crippen molar-refractivity contribution in [3.05, 3.63) is 108 Å². The van der Waals surface area contributed by atoms with Crippen LogP contribution in [-0.2, 0) is 34.1 Å². The van der Waals surface area contributed by atoms with Crippen LogP contribution in [0.2, 0.25) is 0 Å². The molecular weight excluding hydrogens is 586 g/mol. The summed E-state index contributed by atoms with van der Waals surface area (Å²) in [6, 6.07) is 14.6. The van der Waals surface area contributed by atoms with Crippen molar-refractivity contribution in [2.45, 2.75) is 43.0 Å². The number of sulfonamides is 1. The number of aromatic nitrogens is 2. The highest BCUT2D eigenvalue weighted by molar-refractivity contribution is 7.86. The zero-order chi connectivity index (χ0) is 30.8. The number of quaternary nitrogens is 1. The van der Waals surface area contributed by atoms with Crippen LogP contribution in [0.4, 0.5) is 23.4 Å². The molecule has 1 saturated heterocycles. The van der Waals surface area contributed by atoms with Crippen LogP contribution in [0.5, 0.6) is 0 Å². The fourth-order valence-corrected chi connectivity index (χ4v) is 7.58. The van der Waals surface area contributed by atoms with Gasteiger partial charge in [0.1, 0.15) is 23.1 Å². The van der Waals surface area contributed by atoms with E-state index in [1.54, 1.807) is 30.6 Å². The fraction of sp³-hybridized carbons (Fsp3) is 0.233. The molecule has 0 aliphatic carbocycles. The highest BCUT2D eigenvalue weighted by Gasteiger charge is 2.55. The number of anilines is 1. The fourth-order valence-electron chi connectivity index (χ4n) is 5.45. The molecule has 1 unspecified atom stereocenters. The third-order valence-electron chi connectivity index (χ3n) is 7.54. The standard InChI is InChI=1S/C30H27F4N5O3S/c31-24-9-11-25(12-10-24)43(41,42)39(14-2-4-27(39)29(35)40)19-21-15-26(22-5-7-23(8-6-22)30(32,33)34)38-28(16-21)37-18-20-3-1-13-36-17-20/h1,3,5-13,15-17,27H,2,4,14,18-19H2,(H2-,35,37,38,40)/p+1/t27-,39?/m0/s1. The van der Waals surface area contributed by atoms with E-state index in [4.69, 9.17) is 5.73 Å². The molecule has 0 saturated carbocycles. The van der Waals surface area contributed by atoms with Gasteiger partial charge in [0.25, 0.3) is 5.91 Å². The number of likely N-dealkylation sites (tertiary alicyclic amines) is 1. The summed E-state index contributed by atoms with van der Waals surface area (Å²) in [5.74, 6) is -1.06. The molecule has 2 aromatic heterocycles. The quantitative estimate of drug-likeness (QED) is 0.196. The van der Waals surface area contributed by atoms with Crippen LogP contribution >= 0.6 is 0 Å². The lowest BCUT2D eigenvalue weighted by Crippen LogP contribution is -2.59. The third kappa shape index (κ3) is 6.22. The van der Waals surface area contributed by atoms with E-state index in [2.05, 4.69) is 15.3 Å². The molecule has 1 aliphatic heterocycles. The summed E-state index contributed by atoms with van der Waals surface area (Å²) in [5.41, 5.74) is 6.88. The Labute approximate surface area is 245 Å². The van der Waals surface area contributed by atoms with Gasteiger partial charge in [0.15, 0.2) is 6.04 Å². The molecule has 0 spiro atoms. The van der Waals surface area contributed by atoms with Crippen LogP contribution in [0.25, 0.3) is 11.3 Å². The molecular formula is C30H28F4N5O3S+. The molecule has 4 aromatic rings. The van der Waals surface area contributed by atoms with Gasteiger partial charge in [0.2, 0.25) is 0 Å². The Morgan fingerprint density at radius 2 is 1.74 bits per heavy atom. The number of halogens is 4. The molecule has 1 amide bonds. The molecule has 5 rings (SSSR count). The number of nitrogens with one attached hydrogen (secondary N) is 1. The maximum Gasteiger partial charge on any atom is 0.416 e. The number of nitrogens with zero attached hydrogens (tertiary/aromatic N) is 3. The zero-order valence-electron chi connectivity index (χ0n) is 22.8. The maximum atomic E-state index is 14.2. The number of primary amides is 1. The molecule has 3 N–H and O–H groups in total. The largest absolute Gasteiger partial charge is 0.416 e. The Kier molecular flexibility index (Phi) is 8.21. The first-order valence-electron chi connectivity index (χ1n) is 13.4. The van der Waals surface area contributed by atoms with Gasteiger partial charge in [-0.2, -0.15) is 21.6 Å². The van der Waals surface area contributed by atoms with E-state index in [0.717, 1.165) is 42.0 Å². The zero-order valence-corrected chi connectivity index (χ0v) is 23.6. The molecule has 8 nitrogen and oxygen atoms in total. The minimum Gasteiger partial charge on any atom is -0.366 e. The van der Waals surface area contributed by atoms with E-state index in [0.29, 0.717) is 35.6 Å². The summed E-state index contributed by atoms with van der Waals surface area (Å²) >= 11 is 0. The lowest BCUT2D eigenvalue weighted by Gasteiger charge is -2.37. The van der Waals surface area contributed by atoms with Crippen LogP contribution in [0.15, 0.2) is 90.1 Å². The number of amides is 1. The van der Waals surface area contributed by atoms with Crippen molar-refractivity contribution in [3.8, 4) is 11.3 Å². The first-order chi connectivity index (χ1) is 20.4. The minimum absolute atomic E-state index is 0.0731. The minimum atomic E-state index is -4.52. The molecule has 2 atom stereocenters. The van der Waals surface area contributed by atoms with Gasteiger partial charge in [-0.3, -0.25) is 9.78 Å². The first kappa shape index (κ1) is 30.1. The number of hydrogen-bond donors (Lipinski definition) is 2. The summed E-state index contributed by atoms with van der Waals surface area (Å²) in [4.78, 5) is 21.1. The Balaban J connectivity index is 1.60. The van der Waals surface area contributed by atoms with Gasteiger partial charge in [0, 0.05) is 42.9 Å². The van der Waals surface area contributed by atoms with Gasteiger partial charge >= 0.3 is 16.2 Å². The summed E-state index contributed by atoms with van der Waals surface area (Å²) in [7, 11) is -4.28. The van der Waals surface area contributed by atoms with Gasteiger partial charge in [-0.05, 0) is 60.2 Å². The van der Waals surface area contributed by atoms with Crippen molar-refractivity contribution < 1.29 is 34.7 Å². The summed E-state index contributed by atoms with van der Waals surface area (Å²) in [5, 5.41) is 3.17. The number of pyridine rings is 2. The van der Waals surface area contributed by atoms with Gasteiger partial charge in [-0.1, -0.05) is 18.2 Å². The van der Waals surface area contributed by atoms with Gasteiger partial charge < -0.3 is 11.1 Å². The molecule has 43 heavy (non-hydrogen) atoms. The molecule has 1 fully saturated rings. The van der Waals surface area contributed by atoms with E-state index in [9.17, 15) is 30.8 Å². The summed E-state index contributed by atoms with van der Waals surface area (Å²) in [6.45, 7) is 0.198. The Morgan fingerprint density at radius 3 is 2.37 bits per heavy atom. The lowest BCUT2D eigenvalue weighted by molar-refractivity contribution is -0.823. The normalized spacial score (nSPS) is 18.8. The van der Waals surface area contributed by atoms with Gasteiger partial charge in [0.05, 0.1) is 17.8 Å². The number of hydrogen-bond acceptors (Lipinski definition) is 6. The number of rotatable bonds is 9. The van der Waals surface area contributed by atoms with E-state index in [-0.39, 0.29) is 24.4 Å². The Bertz CT molecular complexity index is 1720. The first-order valence-corrected chi connectivity index (χ1v) is 14.8. The number of carbonyl (C=O) groups is 1. The molecule has 3 heterocycles. The van der Waals surface area contributed by atoms with Crippen molar-refractivity contribution in [3.63, 3.8) is 0 Å². The summed E-state index contributed by atoms with van der Waals surface area (Å²) < 4.78 is 80.9. The van der Waals surface area contributed by atoms with Crippen molar-refractivity contribution in [2.24, 2.45) is 5.73 Å². The van der Waals surface area contributed by atoms with E-state index in [1.807, 2.05) is 6.07 Å². The average molecular weight is 615 g/mol. The molecule has 0 bridgehead atoms. The average Bonchev–Trinajstić information content (AvgIpc) is 3.42. The molecule has 0 radical (unpaired) electrons. The number of benzene rings is 2. The highest BCUT2D eigenvalue weighted by atomic mass is 32.2. The number of nitrogens with two attached hydrogens (primary N) is 1. The second-order valence-electron chi connectivity index (χ2n) is 10.4. The maximum absolute atomic E-state index is 14.2. The highest BCUT2D eigenvalue weighted by Crippen LogP contribution is 2.39. The second-order valence-corrected chi connectivity index (χ2v) is 12.5. The second kappa shape index (κ2) is 11.7. The van der Waals surface area contributed by atoms with Crippen molar-refractivity contribution >= 4 is 21.7 Å². The van der Waals surface area contributed by atoms with Crippen molar-refractivity contribution in [1.29, 1.82) is 0 Å². The van der Waals surface area contributed by atoms with E-state index >= 15 is 0 Å². The topological polar surface area (TPSA) is 115 Å². The molecule has 224 valence electrons. The lowest BCUT2D eigenvalue weighted by atomic mass is 10.1. The van der Waals surface area contributed by atoms with Crippen molar-refractivity contribution in [2.75, 3.05) is 11.9 Å². The van der Waals surface area contributed by atoms with Crippen LogP contribution in [0, 0.1) is 5.82 Å². The van der Waals surface area contributed by atoms with E-state index < -0.39 is 43.4 Å². The van der Waals surface area contributed by atoms with Gasteiger partial charge in [-0.25, -0.2) is 13.3 Å². The predicted molar refractivity (Wildman–Crippen MR) is 151 cm³/mol. The Morgan fingerprint density at radius 1 is 1.02 bits per heavy atom. The molecule has 13 heteroatoms. The van der Waals surface area contributed by atoms with Crippen LogP contribution in [0.1, 0.15) is 29.5 Å². The third-order valence-corrected chi connectivity index (χ3v) is 9.93. The number of alkyl halides is 3. The van der Waals surface area contributed by atoms with Crippen LogP contribution in [-0.4, -0.2) is 40.8 Å². The smallest absolute Gasteiger partial charge is 0.366 e. The monoisotopic (exact) mass is 614 g/mol. The van der Waals surface area contributed by atoms with Crippen LogP contribution in [0.3, 0.4) is 0 Å².